The van der Waals surface area contributed by atoms with Crippen molar-refractivity contribution >= 4 is 11.9 Å². The van der Waals surface area contributed by atoms with E-state index in [1.165, 1.54) is 0 Å². The highest BCUT2D eigenvalue weighted by molar-refractivity contribution is 5.85. The molecular weight excluding hydrogens is 172 g/mol. The van der Waals surface area contributed by atoms with Gasteiger partial charge in [-0.05, 0) is 5.92 Å². The van der Waals surface area contributed by atoms with Crippen LogP contribution in [0.3, 0.4) is 0 Å². The van der Waals surface area contributed by atoms with Crippen molar-refractivity contribution in [2.75, 3.05) is 6.54 Å². The Morgan fingerprint density at radius 1 is 1.46 bits per heavy atom. The van der Waals surface area contributed by atoms with Crippen LogP contribution in [0, 0.1) is 5.92 Å². The molecule has 0 aliphatic heterocycles. The highest BCUT2D eigenvalue weighted by Gasteiger charge is 2.16. The Kier molecular flexibility index (Phi) is 5.06. The van der Waals surface area contributed by atoms with Crippen LogP contribution in [0.2, 0.25) is 0 Å². The molecule has 0 fully saturated rings. The third-order valence-electron chi connectivity index (χ3n) is 1.42. The molecule has 5 nitrogen and oxygen atoms in total. The number of rotatable bonds is 5. The van der Waals surface area contributed by atoms with Crippen molar-refractivity contribution in [3.8, 4) is 0 Å². The molecule has 0 radical (unpaired) electrons. The van der Waals surface area contributed by atoms with Crippen LogP contribution in [0.5, 0.6) is 0 Å². The van der Waals surface area contributed by atoms with Gasteiger partial charge >= 0.3 is 5.97 Å². The third kappa shape index (κ3) is 6.10. The van der Waals surface area contributed by atoms with E-state index in [-0.39, 0.29) is 6.42 Å². The molecule has 0 rings (SSSR count). The van der Waals surface area contributed by atoms with Gasteiger partial charge in [-0.3, -0.25) is 9.59 Å². The number of hydrogen-bond donors (Lipinski definition) is 3. The van der Waals surface area contributed by atoms with Gasteiger partial charge in [0.15, 0.2) is 0 Å². The van der Waals surface area contributed by atoms with Gasteiger partial charge in [-0.1, -0.05) is 13.8 Å². The van der Waals surface area contributed by atoms with Crippen LogP contribution in [-0.2, 0) is 9.59 Å². The fraction of sp³-hybridized carbons (Fsp3) is 0.750. The number of aliphatic carboxylic acids is 1. The lowest BCUT2D eigenvalue weighted by Gasteiger charge is -2.11. The zero-order valence-corrected chi connectivity index (χ0v) is 7.91. The molecule has 0 aromatic rings. The molecule has 4 N–H and O–H groups in total. The summed E-state index contributed by atoms with van der Waals surface area (Å²) in [4.78, 5) is 21.3. The lowest BCUT2D eigenvalue weighted by atomic mass is 10.2. The number of carbonyl (C=O) groups is 2. The normalized spacial score (nSPS) is 12.6. The maximum Gasteiger partial charge on any atom is 0.305 e. The molecule has 0 aliphatic carbocycles. The number of carbonyl (C=O) groups excluding carboxylic acids is 1. The lowest BCUT2D eigenvalue weighted by Crippen LogP contribution is -2.43. The highest BCUT2D eigenvalue weighted by atomic mass is 16.4. The molecule has 0 heterocycles. The van der Waals surface area contributed by atoms with Crippen molar-refractivity contribution in [1.29, 1.82) is 0 Å². The molecular formula is C8H16N2O3. The fourth-order valence-corrected chi connectivity index (χ4v) is 0.717. The van der Waals surface area contributed by atoms with Gasteiger partial charge < -0.3 is 16.2 Å². The first kappa shape index (κ1) is 11.9. The quantitative estimate of drug-likeness (QED) is 0.545. The maximum atomic E-state index is 11.1. The Bertz CT molecular complexity index is 192. The molecule has 1 unspecified atom stereocenters. The standard InChI is InChI=1S/C8H16N2O3/c1-5(2)4-10-8(13)6(9)3-7(11)12/h5-6H,3-4,9H2,1-2H3,(H,10,13)(H,11,12). The number of carboxylic acids is 1. The summed E-state index contributed by atoms with van der Waals surface area (Å²) in [7, 11) is 0. The second-order valence-electron chi connectivity index (χ2n) is 3.34. The molecule has 0 spiro atoms. The monoisotopic (exact) mass is 188 g/mol. The van der Waals surface area contributed by atoms with E-state index in [0.717, 1.165) is 0 Å². The first-order valence-corrected chi connectivity index (χ1v) is 4.18. The van der Waals surface area contributed by atoms with Crippen molar-refractivity contribution < 1.29 is 14.7 Å². The first-order valence-electron chi connectivity index (χ1n) is 4.18. The summed E-state index contributed by atoms with van der Waals surface area (Å²) in [6.45, 7) is 4.41. The summed E-state index contributed by atoms with van der Waals surface area (Å²) in [5.74, 6) is -1.13. The molecule has 1 atom stereocenters. The minimum atomic E-state index is -1.06. The first-order chi connectivity index (χ1) is 5.93. The van der Waals surface area contributed by atoms with Crippen LogP contribution >= 0.6 is 0 Å². The molecule has 13 heavy (non-hydrogen) atoms. The Morgan fingerprint density at radius 3 is 2.38 bits per heavy atom. The van der Waals surface area contributed by atoms with Crippen LogP contribution in [0.25, 0.3) is 0 Å². The van der Waals surface area contributed by atoms with Gasteiger partial charge in [0, 0.05) is 6.54 Å². The van der Waals surface area contributed by atoms with Gasteiger partial charge in [-0.25, -0.2) is 0 Å². The molecule has 1 amide bonds. The predicted molar refractivity (Wildman–Crippen MR) is 48.1 cm³/mol. The van der Waals surface area contributed by atoms with Crippen LogP contribution in [-0.4, -0.2) is 29.6 Å². The van der Waals surface area contributed by atoms with Crippen LogP contribution in [0.1, 0.15) is 20.3 Å². The minimum Gasteiger partial charge on any atom is -0.481 e. The number of nitrogens with two attached hydrogens (primary N) is 1. The highest BCUT2D eigenvalue weighted by Crippen LogP contribution is 1.91. The van der Waals surface area contributed by atoms with Crippen molar-refractivity contribution in [3.05, 3.63) is 0 Å². The molecule has 0 aliphatic rings. The fourth-order valence-electron chi connectivity index (χ4n) is 0.717. The predicted octanol–water partition coefficient (Wildman–Crippen LogP) is -0.439. The molecule has 5 heteroatoms. The zero-order valence-electron chi connectivity index (χ0n) is 7.91. The SMILES string of the molecule is CC(C)CNC(=O)C(N)CC(=O)O. The van der Waals surface area contributed by atoms with Gasteiger partial charge in [0.25, 0.3) is 0 Å². The lowest BCUT2D eigenvalue weighted by molar-refractivity contribution is -0.139. The Balaban J connectivity index is 3.76. The molecule has 76 valence electrons. The summed E-state index contributed by atoms with van der Waals surface area (Å²) < 4.78 is 0. The molecule has 0 bridgehead atoms. The second-order valence-corrected chi connectivity index (χ2v) is 3.34. The summed E-state index contributed by atoms with van der Waals surface area (Å²) in [6, 6.07) is -0.948. The van der Waals surface area contributed by atoms with Gasteiger partial charge in [-0.2, -0.15) is 0 Å². The van der Waals surface area contributed by atoms with E-state index in [1.807, 2.05) is 13.8 Å². The molecule has 0 saturated carbocycles. The van der Waals surface area contributed by atoms with E-state index in [4.69, 9.17) is 10.8 Å². The number of nitrogens with one attached hydrogen (secondary N) is 1. The number of carboxylic acid groups (broad SMARTS) is 1. The van der Waals surface area contributed by atoms with Crippen molar-refractivity contribution in [3.63, 3.8) is 0 Å². The Hall–Kier alpha value is -1.10. The van der Waals surface area contributed by atoms with E-state index in [0.29, 0.717) is 12.5 Å². The largest absolute Gasteiger partial charge is 0.481 e. The van der Waals surface area contributed by atoms with Gasteiger partial charge in [0.05, 0.1) is 12.5 Å². The van der Waals surface area contributed by atoms with Crippen molar-refractivity contribution in [2.45, 2.75) is 26.3 Å². The van der Waals surface area contributed by atoms with E-state index in [1.54, 1.807) is 0 Å². The van der Waals surface area contributed by atoms with Crippen molar-refractivity contribution in [1.82, 2.24) is 5.32 Å². The van der Waals surface area contributed by atoms with Gasteiger partial charge in [-0.15, -0.1) is 0 Å². The average molecular weight is 188 g/mol. The zero-order chi connectivity index (χ0) is 10.4. The smallest absolute Gasteiger partial charge is 0.305 e. The Morgan fingerprint density at radius 2 is 2.00 bits per heavy atom. The summed E-state index contributed by atoms with van der Waals surface area (Å²) in [5.41, 5.74) is 5.31. The van der Waals surface area contributed by atoms with E-state index in [9.17, 15) is 9.59 Å². The molecule has 0 aromatic heterocycles. The number of amides is 1. The van der Waals surface area contributed by atoms with E-state index >= 15 is 0 Å². The summed E-state index contributed by atoms with van der Waals surface area (Å²) in [5, 5.41) is 10.9. The molecule has 0 saturated heterocycles. The van der Waals surface area contributed by atoms with Crippen molar-refractivity contribution in [2.24, 2.45) is 11.7 Å². The maximum absolute atomic E-state index is 11.1. The van der Waals surface area contributed by atoms with Crippen LogP contribution in [0.4, 0.5) is 0 Å². The van der Waals surface area contributed by atoms with Crippen LogP contribution < -0.4 is 11.1 Å². The molecule has 0 aromatic carbocycles. The summed E-state index contributed by atoms with van der Waals surface area (Å²) in [6.07, 6.45) is -0.329. The topological polar surface area (TPSA) is 92.4 Å². The van der Waals surface area contributed by atoms with Gasteiger partial charge in [0.1, 0.15) is 0 Å². The van der Waals surface area contributed by atoms with E-state index < -0.39 is 17.9 Å². The summed E-state index contributed by atoms with van der Waals surface area (Å²) >= 11 is 0. The van der Waals surface area contributed by atoms with Gasteiger partial charge in [0.2, 0.25) is 5.91 Å². The van der Waals surface area contributed by atoms with Crippen LogP contribution in [0.15, 0.2) is 0 Å². The van der Waals surface area contributed by atoms with E-state index in [2.05, 4.69) is 5.32 Å². The second kappa shape index (κ2) is 5.53. The number of hydrogen-bond acceptors (Lipinski definition) is 3. The minimum absolute atomic E-state index is 0.329. The Labute approximate surface area is 77.3 Å². The third-order valence-corrected chi connectivity index (χ3v) is 1.42. The average Bonchev–Trinajstić information content (AvgIpc) is 1.98.